The second kappa shape index (κ2) is 12.0. The van der Waals surface area contributed by atoms with E-state index in [0.29, 0.717) is 0 Å². The van der Waals surface area contributed by atoms with Crippen molar-refractivity contribution in [1.29, 1.82) is 0 Å². The molecule has 5 rings (SSSR count). The quantitative estimate of drug-likeness (QED) is 0.236. The number of benzene rings is 3. The fraction of sp³-hybridized carbons (Fsp3) is 0. The van der Waals surface area contributed by atoms with Gasteiger partial charge in [0.1, 0.15) is 12.4 Å². The molecule has 0 amide bonds. The Balaban J connectivity index is 0.000000194. The molecule has 1 radical (unpaired) electrons. The summed E-state index contributed by atoms with van der Waals surface area (Å²) in [6.45, 7) is 0. The van der Waals surface area contributed by atoms with Crippen molar-refractivity contribution in [1.82, 2.24) is 15.3 Å². The minimum Gasteiger partial charge on any atom is -0.366 e. The van der Waals surface area contributed by atoms with Gasteiger partial charge in [-0.2, -0.15) is 0 Å². The van der Waals surface area contributed by atoms with Crippen LogP contribution < -0.4 is 25.8 Å². The average molecular weight is 599 g/mol. The van der Waals surface area contributed by atoms with Crippen molar-refractivity contribution in [3.63, 3.8) is 0 Å². The van der Waals surface area contributed by atoms with Crippen LogP contribution in [-0.4, -0.2) is 10.1 Å². The first-order valence-corrected chi connectivity index (χ1v) is 11.0. The Morgan fingerprint density at radius 2 is 1.06 bits per heavy atom. The van der Waals surface area contributed by atoms with Crippen molar-refractivity contribution in [3.05, 3.63) is 128 Å². The second-order valence-electron chi connectivity index (χ2n) is 6.38. The van der Waals surface area contributed by atoms with Crippen molar-refractivity contribution in [2.45, 2.75) is 0 Å². The van der Waals surface area contributed by atoms with Crippen LogP contribution in [-0.2, 0) is 19.8 Å². The van der Waals surface area contributed by atoms with Gasteiger partial charge in [0.15, 0.2) is 0 Å². The molecule has 5 aromatic rings. The molecular weight excluding hydrogens is 578 g/mol. The Morgan fingerprint density at radius 3 is 1.45 bits per heavy atom. The molecule has 0 spiro atoms. The van der Waals surface area contributed by atoms with Crippen LogP contribution in [0.25, 0.3) is 5.82 Å². The molecule has 0 unspecified atom stereocenters. The molecule has 31 heavy (non-hydrogen) atoms. The van der Waals surface area contributed by atoms with Gasteiger partial charge in [-0.05, 0) is 29.9 Å². The van der Waals surface area contributed by atoms with Crippen molar-refractivity contribution in [2.75, 3.05) is 0 Å². The van der Waals surface area contributed by atoms with Gasteiger partial charge in [-0.25, -0.2) is 5.10 Å². The van der Waals surface area contributed by atoms with E-state index in [9.17, 15) is 0 Å². The predicted octanol–water partition coefficient (Wildman–Crippen LogP) is 3.15. The number of rotatable bonds is 4. The van der Waals surface area contributed by atoms with Gasteiger partial charge in [0.25, 0.3) is 5.82 Å². The Bertz CT molecular complexity index is 1030. The van der Waals surface area contributed by atoms with Crippen LogP contribution in [0.3, 0.4) is 0 Å². The van der Waals surface area contributed by atoms with Crippen LogP contribution in [0.15, 0.2) is 128 Å². The summed E-state index contributed by atoms with van der Waals surface area (Å²) in [5.74, 6) is 0.782. The molecule has 0 atom stereocenters. The molecule has 153 valence electrons. The molecule has 0 fully saturated rings. The third kappa shape index (κ3) is 6.25. The van der Waals surface area contributed by atoms with E-state index in [1.165, 1.54) is 15.9 Å². The molecule has 0 saturated heterocycles. The number of hydrogen-bond acceptors (Lipinski definition) is 2. The van der Waals surface area contributed by atoms with Gasteiger partial charge in [-0.3, -0.25) is 4.68 Å². The predicted molar refractivity (Wildman–Crippen MR) is 122 cm³/mol. The Kier molecular flexibility index (Phi) is 8.79. The van der Waals surface area contributed by atoms with E-state index in [-0.39, 0.29) is 19.8 Å². The van der Waals surface area contributed by atoms with Crippen molar-refractivity contribution in [2.24, 2.45) is 0 Å². The molecule has 0 aliphatic carbocycles. The number of hydrogen-bond donors (Lipinski definition) is 0. The molecule has 2 aromatic heterocycles. The van der Waals surface area contributed by atoms with Gasteiger partial charge in [-0.1, -0.05) is 97.1 Å². The minimum absolute atomic E-state index is 0. The standard InChI is InChI=1S/C18H15P.C7H6N4.Os/c1-4-10-16(11-5-1)19(17-12-6-2-7-13-17)18-14-8-3-9-15-18;1-2-4-8-7(3-1)11-6-5-9-10-11;/h1-15H;1-6H;/q;;+1. The molecule has 0 N–H and O–H groups in total. The Morgan fingerprint density at radius 1 is 0.581 bits per heavy atom. The molecule has 6 heteroatoms. The van der Waals surface area contributed by atoms with E-state index in [1.807, 2.05) is 18.2 Å². The number of pyridine rings is 1. The molecule has 0 aliphatic rings. The molecule has 4 nitrogen and oxygen atoms in total. The fourth-order valence-electron chi connectivity index (χ4n) is 3.00. The summed E-state index contributed by atoms with van der Waals surface area (Å²) in [6.07, 6.45) is 5.09. The first kappa shape index (κ1) is 22.7. The van der Waals surface area contributed by atoms with Crippen LogP contribution >= 0.6 is 7.92 Å². The van der Waals surface area contributed by atoms with Crippen LogP contribution in [0.1, 0.15) is 0 Å². The molecule has 0 saturated carbocycles. The van der Waals surface area contributed by atoms with Gasteiger partial charge < -0.3 is 5.21 Å². The van der Waals surface area contributed by atoms with E-state index in [0.717, 1.165) is 5.82 Å². The van der Waals surface area contributed by atoms with Gasteiger partial charge in [-0.15, -0.1) is 4.98 Å². The van der Waals surface area contributed by atoms with Crippen molar-refractivity contribution >= 4 is 23.8 Å². The minimum atomic E-state index is -0.446. The summed E-state index contributed by atoms with van der Waals surface area (Å²) < 4.78 is 1.61. The molecule has 0 aliphatic heterocycles. The monoisotopic (exact) mass is 600 g/mol. The topological polar surface area (TPSA) is 43.8 Å². The maximum atomic E-state index is 4.08. The summed E-state index contributed by atoms with van der Waals surface area (Å²) in [7, 11) is -0.446. The van der Waals surface area contributed by atoms with Gasteiger partial charge in [0.2, 0.25) is 0 Å². The zero-order valence-electron chi connectivity index (χ0n) is 16.7. The Hall–Kier alpha value is -2.98. The average Bonchev–Trinajstić information content (AvgIpc) is 3.38. The Labute approximate surface area is 196 Å². The zero-order chi connectivity index (χ0) is 20.4. The first-order valence-electron chi connectivity index (χ1n) is 9.65. The van der Waals surface area contributed by atoms with E-state index in [4.69, 9.17) is 0 Å². The summed E-state index contributed by atoms with van der Waals surface area (Å²) in [5.41, 5.74) is 0. The number of nitrogens with zero attached hydrogens (tertiary/aromatic N) is 4. The van der Waals surface area contributed by atoms with Gasteiger partial charge in [0.05, 0.1) is 6.20 Å². The summed E-state index contributed by atoms with van der Waals surface area (Å²) in [5, 5.41) is 11.7. The molecule has 3 aromatic carbocycles. The molecular formula is C25H21N4OsP+. The second-order valence-corrected chi connectivity index (χ2v) is 8.60. The van der Waals surface area contributed by atoms with Crippen LogP contribution in [0.2, 0.25) is 0 Å². The summed E-state index contributed by atoms with van der Waals surface area (Å²) in [4.78, 5) is 4.08. The summed E-state index contributed by atoms with van der Waals surface area (Å²) >= 11 is 0. The van der Waals surface area contributed by atoms with E-state index >= 15 is 0 Å². The smallest absolute Gasteiger partial charge is 0.366 e. The third-order valence-corrected chi connectivity index (χ3v) is 6.79. The zero-order valence-corrected chi connectivity index (χ0v) is 20.1. The third-order valence-electron chi connectivity index (χ3n) is 4.35. The normalized spacial score (nSPS) is 9.97. The fourth-order valence-corrected chi connectivity index (χ4v) is 5.30. The van der Waals surface area contributed by atoms with Crippen molar-refractivity contribution < 1.29 is 24.5 Å². The van der Waals surface area contributed by atoms with E-state index in [2.05, 4.69) is 106 Å². The summed E-state index contributed by atoms with van der Waals surface area (Å²) in [6, 6.07) is 38.0. The van der Waals surface area contributed by atoms with Crippen LogP contribution in [0.4, 0.5) is 0 Å². The van der Waals surface area contributed by atoms with E-state index < -0.39 is 7.92 Å². The first-order chi connectivity index (χ1) is 14.9. The maximum absolute atomic E-state index is 4.08. The molecule has 0 bridgehead atoms. The number of aromatic nitrogens is 4. The van der Waals surface area contributed by atoms with Crippen LogP contribution in [0.5, 0.6) is 0 Å². The SMILES string of the molecule is [Os+].c1ccc(-[n+]2ccn[n-]2)nc1.c1ccc(P(c2ccccc2)c2ccccc2)cc1. The molecule has 2 heterocycles. The largest absolute Gasteiger partial charge is 1.00 e. The van der Waals surface area contributed by atoms with Crippen LogP contribution in [0, 0.1) is 0 Å². The van der Waals surface area contributed by atoms with Crippen molar-refractivity contribution in [3.8, 4) is 5.82 Å². The maximum Gasteiger partial charge on any atom is 1.00 e. The van der Waals surface area contributed by atoms with Gasteiger partial charge >= 0.3 is 19.8 Å². The van der Waals surface area contributed by atoms with E-state index in [1.54, 1.807) is 23.3 Å². The van der Waals surface area contributed by atoms with Gasteiger partial charge in [0, 0.05) is 6.07 Å².